The Balaban J connectivity index is 2.68. The van der Waals surface area contributed by atoms with Crippen LogP contribution < -0.4 is 4.43 Å². The maximum atomic E-state index is 12.1. The lowest BCUT2D eigenvalue weighted by atomic mass is 10.1. The molecule has 0 heterocycles. The molecule has 1 rings (SSSR count). The predicted molar refractivity (Wildman–Crippen MR) is 109 cm³/mol. The first kappa shape index (κ1) is 22.2. The second-order valence-electron chi connectivity index (χ2n) is 7.98. The summed E-state index contributed by atoms with van der Waals surface area (Å²) in [6.07, 6.45) is 5.56. The molecule has 0 N–H and O–H groups in total. The molecule has 5 heteroatoms. The van der Waals surface area contributed by atoms with Crippen molar-refractivity contribution in [2.45, 2.75) is 64.6 Å². The van der Waals surface area contributed by atoms with E-state index >= 15 is 0 Å². The Morgan fingerprint density at radius 2 is 1.69 bits per heavy atom. The Kier molecular flexibility index (Phi) is 8.28. The number of esters is 1. The fourth-order valence-electron chi connectivity index (χ4n) is 2.08. The first-order valence-corrected chi connectivity index (χ1v) is 12.0. The largest absolute Gasteiger partial charge is 0.543 e. The van der Waals surface area contributed by atoms with E-state index in [-0.39, 0.29) is 16.8 Å². The Bertz CT molecular complexity index is 642. The van der Waals surface area contributed by atoms with Crippen LogP contribution in [-0.4, -0.2) is 27.2 Å². The minimum absolute atomic E-state index is 0.0528. The number of methoxy groups -OCH3 is 1. The Morgan fingerprint density at radius 1 is 1.08 bits per heavy atom. The maximum Gasteiger partial charge on any atom is 0.305 e. The van der Waals surface area contributed by atoms with Crippen molar-refractivity contribution in [2.24, 2.45) is 0 Å². The summed E-state index contributed by atoms with van der Waals surface area (Å²) in [5, 5.41) is 0.110. The van der Waals surface area contributed by atoms with Gasteiger partial charge in [-0.05, 0) is 49.2 Å². The molecule has 0 aliphatic carbocycles. The Morgan fingerprint density at radius 3 is 2.31 bits per heavy atom. The van der Waals surface area contributed by atoms with Gasteiger partial charge in [0.1, 0.15) is 5.75 Å². The average Bonchev–Trinajstić information content (AvgIpc) is 2.56. The van der Waals surface area contributed by atoms with Crippen LogP contribution in [0, 0.1) is 0 Å². The summed E-state index contributed by atoms with van der Waals surface area (Å²) in [5.74, 6) is 0.649. The molecule has 0 saturated heterocycles. The molecule has 4 nitrogen and oxygen atoms in total. The van der Waals surface area contributed by atoms with Gasteiger partial charge in [-0.25, -0.2) is 0 Å². The van der Waals surface area contributed by atoms with Gasteiger partial charge in [-0.3, -0.25) is 9.59 Å². The molecular weight excluding hydrogens is 344 g/mol. The number of unbranched alkanes of at least 4 members (excludes halogenated alkanes) is 1. The fraction of sp³-hybridized carbons (Fsp3) is 0.524. The summed E-state index contributed by atoms with van der Waals surface area (Å²) < 4.78 is 11.0. The summed E-state index contributed by atoms with van der Waals surface area (Å²) in [6, 6.07) is 7.82. The van der Waals surface area contributed by atoms with E-state index in [4.69, 9.17) is 4.43 Å². The predicted octanol–water partition coefficient (Wildman–Crippen LogP) is 5.39. The highest BCUT2D eigenvalue weighted by Gasteiger charge is 2.39. The van der Waals surface area contributed by atoms with Gasteiger partial charge in [-0.15, -0.1) is 0 Å². The molecule has 0 unspecified atom stereocenters. The van der Waals surface area contributed by atoms with E-state index in [1.807, 2.05) is 30.3 Å². The molecule has 0 spiro atoms. The zero-order valence-corrected chi connectivity index (χ0v) is 17.9. The molecule has 26 heavy (non-hydrogen) atoms. The zero-order valence-electron chi connectivity index (χ0n) is 16.9. The summed E-state index contributed by atoms with van der Waals surface area (Å²) in [7, 11) is -0.562. The van der Waals surface area contributed by atoms with Crippen molar-refractivity contribution in [1.82, 2.24) is 0 Å². The van der Waals surface area contributed by atoms with Crippen molar-refractivity contribution in [3.8, 4) is 5.75 Å². The van der Waals surface area contributed by atoms with Gasteiger partial charge in [0.05, 0.1) is 7.11 Å². The minimum atomic E-state index is -1.94. The standard InChI is InChI=1S/C21H32O4Si/c1-21(2,3)26(5,6)25-19-13-9-7-11-17(19)15-16-18(22)12-8-10-14-20(23)24-4/h7,9,11,13,15-16H,8,10,12,14H2,1-6H3. The normalized spacial score (nSPS) is 12.2. The first-order valence-electron chi connectivity index (χ1n) is 9.12. The molecule has 0 radical (unpaired) electrons. The molecule has 0 bridgehead atoms. The second-order valence-corrected chi connectivity index (χ2v) is 12.7. The molecule has 144 valence electrons. The molecule has 0 atom stereocenters. The highest BCUT2D eigenvalue weighted by molar-refractivity contribution is 6.74. The number of rotatable bonds is 9. The molecular formula is C21H32O4Si. The van der Waals surface area contributed by atoms with Gasteiger partial charge in [0, 0.05) is 18.4 Å². The number of benzene rings is 1. The van der Waals surface area contributed by atoms with Crippen molar-refractivity contribution in [3.63, 3.8) is 0 Å². The fourth-order valence-corrected chi connectivity index (χ4v) is 3.12. The van der Waals surface area contributed by atoms with Crippen LogP contribution in [0.3, 0.4) is 0 Å². The number of ketones is 1. The molecule has 0 aliphatic heterocycles. The molecule has 0 saturated carbocycles. The third kappa shape index (κ3) is 7.16. The lowest BCUT2D eigenvalue weighted by Gasteiger charge is -2.36. The number of ether oxygens (including phenoxy) is 1. The van der Waals surface area contributed by atoms with Crippen molar-refractivity contribution in [3.05, 3.63) is 35.9 Å². The SMILES string of the molecule is COC(=O)CCCCC(=O)C=Cc1ccccc1O[Si](C)(C)C(C)(C)C. The number of hydrogen-bond acceptors (Lipinski definition) is 4. The smallest absolute Gasteiger partial charge is 0.305 e. The third-order valence-electron chi connectivity index (χ3n) is 4.82. The molecule has 1 aromatic carbocycles. The molecule has 0 fully saturated rings. The van der Waals surface area contributed by atoms with Crippen LogP contribution in [0.25, 0.3) is 6.08 Å². The van der Waals surface area contributed by atoms with E-state index < -0.39 is 8.32 Å². The minimum Gasteiger partial charge on any atom is -0.543 e. The van der Waals surface area contributed by atoms with Crippen molar-refractivity contribution >= 4 is 26.1 Å². The third-order valence-corrected chi connectivity index (χ3v) is 9.16. The summed E-state index contributed by atoms with van der Waals surface area (Å²) in [5.41, 5.74) is 0.917. The van der Waals surface area contributed by atoms with E-state index in [0.717, 1.165) is 11.3 Å². The average molecular weight is 377 g/mol. The van der Waals surface area contributed by atoms with Gasteiger partial charge in [-0.2, -0.15) is 0 Å². The van der Waals surface area contributed by atoms with E-state index in [2.05, 4.69) is 38.6 Å². The quantitative estimate of drug-likeness (QED) is 0.251. The lowest BCUT2D eigenvalue weighted by molar-refractivity contribution is -0.140. The number of carbonyl (C=O) groups excluding carboxylic acids is 2. The van der Waals surface area contributed by atoms with Gasteiger partial charge in [-0.1, -0.05) is 39.0 Å². The topological polar surface area (TPSA) is 52.6 Å². The number of allylic oxidation sites excluding steroid dienone is 1. The van der Waals surface area contributed by atoms with E-state index in [1.54, 1.807) is 6.08 Å². The first-order chi connectivity index (χ1) is 12.1. The van der Waals surface area contributed by atoms with Crippen LogP contribution in [-0.2, 0) is 14.3 Å². The summed E-state index contributed by atoms with van der Waals surface area (Å²) >= 11 is 0. The van der Waals surface area contributed by atoms with Gasteiger partial charge in [0.2, 0.25) is 0 Å². The number of para-hydroxylation sites is 1. The second kappa shape index (κ2) is 9.71. The van der Waals surface area contributed by atoms with Crippen LogP contribution >= 0.6 is 0 Å². The van der Waals surface area contributed by atoms with Crippen molar-refractivity contribution in [1.29, 1.82) is 0 Å². The Hall–Kier alpha value is -1.88. The monoisotopic (exact) mass is 376 g/mol. The van der Waals surface area contributed by atoms with Gasteiger partial charge < -0.3 is 9.16 Å². The molecule has 1 aromatic rings. The van der Waals surface area contributed by atoms with Crippen LogP contribution in [0.4, 0.5) is 0 Å². The van der Waals surface area contributed by atoms with Gasteiger partial charge in [0.25, 0.3) is 8.32 Å². The number of hydrogen-bond donors (Lipinski definition) is 0. The summed E-state index contributed by atoms with van der Waals surface area (Å²) in [4.78, 5) is 23.1. The molecule has 0 aliphatic rings. The van der Waals surface area contributed by atoms with E-state index in [9.17, 15) is 9.59 Å². The Labute approximate surface area is 158 Å². The van der Waals surface area contributed by atoms with E-state index in [1.165, 1.54) is 7.11 Å². The van der Waals surface area contributed by atoms with Crippen molar-refractivity contribution in [2.75, 3.05) is 7.11 Å². The zero-order chi connectivity index (χ0) is 19.8. The van der Waals surface area contributed by atoms with Crippen LogP contribution in [0.1, 0.15) is 52.0 Å². The maximum absolute atomic E-state index is 12.1. The summed E-state index contributed by atoms with van der Waals surface area (Å²) in [6.45, 7) is 11.0. The van der Waals surface area contributed by atoms with Crippen LogP contribution in [0.2, 0.25) is 18.1 Å². The van der Waals surface area contributed by atoms with Crippen molar-refractivity contribution < 1.29 is 18.8 Å². The number of carbonyl (C=O) groups is 2. The van der Waals surface area contributed by atoms with Gasteiger partial charge in [0.15, 0.2) is 5.78 Å². The van der Waals surface area contributed by atoms with Gasteiger partial charge >= 0.3 is 5.97 Å². The van der Waals surface area contributed by atoms with E-state index in [0.29, 0.717) is 25.7 Å². The lowest BCUT2D eigenvalue weighted by Crippen LogP contribution is -2.44. The molecule has 0 aromatic heterocycles. The molecule has 0 amide bonds. The van der Waals surface area contributed by atoms with Crippen LogP contribution in [0.5, 0.6) is 5.75 Å². The highest BCUT2D eigenvalue weighted by Crippen LogP contribution is 2.38. The highest BCUT2D eigenvalue weighted by atomic mass is 28.4. The van der Waals surface area contributed by atoms with Crippen LogP contribution in [0.15, 0.2) is 30.3 Å².